The Labute approximate surface area is 252 Å². The summed E-state index contributed by atoms with van der Waals surface area (Å²) in [6, 6.07) is 7.25. The molecule has 1 amide bonds. The van der Waals surface area contributed by atoms with E-state index in [2.05, 4.69) is 39.9 Å². The number of rotatable bonds is 9. The zero-order valence-electron chi connectivity index (χ0n) is 22.2. The Hall–Kier alpha value is -1.64. The molecule has 3 heterocycles. The van der Waals surface area contributed by atoms with Gasteiger partial charge in [-0.3, -0.25) is 14.2 Å². The number of carbonyl (C=O) groups is 1. The summed E-state index contributed by atoms with van der Waals surface area (Å²) in [4.78, 5) is 48.3. The van der Waals surface area contributed by atoms with Gasteiger partial charge in [0.2, 0.25) is 0 Å². The van der Waals surface area contributed by atoms with Crippen LogP contribution in [0.4, 0.5) is 22.5 Å². The topological polar surface area (TPSA) is 153 Å². The standard InChI is InChI=1S/C22H27ClN7O5PS.Na.H/c1-14-4-3-5-16(23)20(14)28-21(31)17-13-24-22(37-17)27-18-12-19(26-15(2)25-18)30-8-6-29(7-9-30)10-11-35-36(32,33)34;;/h3-5,12-13H,6-11H2,1-2H3,(H,28,31)(H2,32,33,34)(H,24,25,26,27);;/q;+1;-1. The number of thiazole rings is 1. The van der Waals surface area contributed by atoms with Gasteiger partial charge >= 0.3 is 37.4 Å². The van der Waals surface area contributed by atoms with Gasteiger partial charge in [-0.15, -0.1) is 0 Å². The maximum atomic E-state index is 12.7. The molecule has 200 valence electrons. The molecule has 0 bridgehead atoms. The van der Waals surface area contributed by atoms with E-state index in [4.69, 9.17) is 21.4 Å². The van der Waals surface area contributed by atoms with Gasteiger partial charge in [0, 0.05) is 38.8 Å². The van der Waals surface area contributed by atoms with Crippen molar-refractivity contribution in [1.29, 1.82) is 0 Å². The van der Waals surface area contributed by atoms with E-state index in [1.54, 1.807) is 13.0 Å². The second kappa shape index (κ2) is 13.6. The zero-order valence-corrected chi connectivity index (χ0v) is 25.7. The van der Waals surface area contributed by atoms with Gasteiger partial charge in [0.05, 0.1) is 23.5 Å². The number of carbonyl (C=O) groups excluding carboxylic acids is 1. The zero-order chi connectivity index (χ0) is 26.6. The van der Waals surface area contributed by atoms with Crippen molar-refractivity contribution in [2.45, 2.75) is 13.8 Å². The summed E-state index contributed by atoms with van der Waals surface area (Å²) < 4.78 is 15.4. The molecule has 16 heteroatoms. The van der Waals surface area contributed by atoms with Crippen LogP contribution < -0.4 is 45.1 Å². The Balaban J connectivity index is 0.00000267. The van der Waals surface area contributed by atoms with Crippen LogP contribution in [0.3, 0.4) is 0 Å². The molecule has 38 heavy (non-hydrogen) atoms. The maximum Gasteiger partial charge on any atom is 1.00 e. The normalized spacial score (nSPS) is 14.2. The van der Waals surface area contributed by atoms with E-state index in [1.165, 1.54) is 17.5 Å². The van der Waals surface area contributed by atoms with Crippen LogP contribution in [-0.2, 0) is 9.09 Å². The average molecular weight is 592 g/mol. The molecule has 0 radical (unpaired) electrons. The van der Waals surface area contributed by atoms with Gasteiger partial charge in [0.1, 0.15) is 22.3 Å². The van der Waals surface area contributed by atoms with Crippen LogP contribution in [0, 0.1) is 13.8 Å². The van der Waals surface area contributed by atoms with Crippen LogP contribution >= 0.6 is 30.8 Å². The molecule has 12 nitrogen and oxygen atoms in total. The Morgan fingerprint density at radius 2 is 1.97 bits per heavy atom. The smallest absolute Gasteiger partial charge is 1.00 e. The number of aromatic nitrogens is 3. The molecule has 1 fully saturated rings. The minimum Gasteiger partial charge on any atom is -1.00 e. The van der Waals surface area contributed by atoms with Crippen LogP contribution in [0.5, 0.6) is 0 Å². The first-order valence-electron chi connectivity index (χ1n) is 11.4. The second-order valence-corrected chi connectivity index (χ2v) is 11.0. The summed E-state index contributed by atoms with van der Waals surface area (Å²) in [5.41, 5.74) is 1.44. The summed E-state index contributed by atoms with van der Waals surface area (Å²) in [6.45, 7) is 6.86. The minimum atomic E-state index is -4.45. The molecule has 0 saturated carbocycles. The molecule has 1 aliphatic rings. The van der Waals surface area contributed by atoms with Crippen molar-refractivity contribution in [2.75, 3.05) is 54.9 Å². The number of nitrogens with zero attached hydrogens (tertiary/aromatic N) is 5. The van der Waals surface area contributed by atoms with E-state index in [0.717, 1.165) is 11.4 Å². The second-order valence-electron chi connectivity index (χ2n) is 8.35. The van der Waals surface area contributed by atoms with Crippen molar-refractivity contribution in [2.24, 2.45) is 0 Å². The molecule has 1 aromatic carbocycles. The van der Waals surface area contributed by atoms with Crippen LogP contribution in [0.15, 0.2) is 30.5 Å². The first-order valence-corrected chi connectivity index (χ1v) is 14.1. The summed E-state index contributed by atoms with van der Waals surface area (Å²) in [5, 5.41) is 6.99. The van der Waals surface area contributed by atoms with Crippen LogP contribution in [-0.4, -0.2) is 74.9 Å². The number of halogens is 1. The number of piperazine rings is 1. The van der Waals surface area contributed by atoms with Gasteiger partial charge in [-0.05, 0) is 25.5 Å². The van der Waals surface area contributed by atoms with Crippen LogP contribution in [0.2, 0.25) is 5.02 Å². The van der Waals surface area contributed by atoms with E-state index in [-0.39, 0.29) is 43.5 Å². The number of phosphoric ester groups is 1. The fourth-order valence-corrected chi connectivity index (χ4v) is 5.09. The number of amides is 1. The number of hydrogen-bond acceptors (Lipinski definition) is 10. The Kier molecular flexibility index (Phi) is 11.1. The Morgan fingerprint density at radius 1 is 1.24 bits per heavy atom. The number of hydrogen-bond donors (Lipinski definition) is 4. The fraction of sp³-hybridized carbons (Fsp3) is 0.364. The predicted molar refractivity (Wildman–Crippen MR) is 144 cm³/mol. The van der Waals surface area contributed by atoms with E-state index >= 15 is 0 Å². The molecule has 0 unspecified atom stereocenters. The predicted octanol–water partition coefficient (Wildman–Crippen LogP) is 0.547. The van der Waals surface area contributed by atoms with Crippen molar-refractivity contribution in [1.82, 2.24) is 19.9 Å². The van der Waals surface area contributed by atoms with Crippen LogP contribution in [0.25, 0.3) is 0 Å². The molecule has 1 saturated heterocycles. The molecular formula is C22H28ClN7NaO5PS. The van der Waals surface area contributed by atoms with Crippen molar-refractivity contribution in [3.63, 3.8) is 0 Å². The van der Waals surface area contributed by atoms with Crippen molar-refractivity contribution in [3.05, 3.63) is 51.7 Å². The fourth-order valence-electron chi connectivity index (χ4n) is 3.78. The third-order valence-electron chi connectivity index (χ3n) is 5.61. The van der Waals surface area contributed by atoms with Crippen LogP contribution in [0.1, 0.15) is 22.5 Å². The monoisotopic (exact) mass is 591 g/mol. The van der Waals surface area contributed by atoms with Gasteiger partial charge in [-0.2, -0.15) is 0 Å². The first kappa shape index (κ1) is 30.9. The van der Waals surface area contributed by atoms with Crippen molar-refractivity contribution in [3.8, 4) is 0 Å². The quantitative estimate of drug-likeness (QED) is 0.204. The van der Waals surface area contributed by atoms with Crippen molar-refractivity contribution >= 4 is 59.1 Å². The van der Waals surface area contributed by atoms with E-state index < -0.39 is 7.82 Å². The van der Waals surface area contributed by atoms with E-state index in [1.807, 2.05) is 25.1 Å². The summed E-state index contributed by atoms with van der Waals surface area (Å²) in [6.07, 6.45) is 1.50. The van der Waals surface area contributed by atoms with Gasteiger partial charge in [0.25, 0.3) is 5.91 Å². The molecule has 1 aliphatic heterocycles. The van der Waals surface area contributed by atoms with Gasteiger partial charge in [-0.1, -0.05) is 35.1 Å². The molecule has 0 atom stereocenters. The SMILES string of the molecule is Cc1nc(Nc2ncc(C(=O)Nc3c(C)cccc3Cl)s2)cc(N2CCN(CCOP(=O)(O)O)CC2)n1.[H-].[Na+]. The first-order chi connectivity index (χ1) is 17.6. The van der Waals surface area contributed by atoms with Crippen molar-refractivity contribution < 1.29 is 54.7 Å². The molecule has 0 aliphatic carbocycles. The van der Waals surface area contributed by atoms with E-state index in [9.17, 15) is 9.36 Å². The number of para-hydroxylation sites is 1. The Morgan fingerprint density at radius 3 is 2.66 bits per heavy atom. The maximum absolute atomic E-state index is 12.7. The Bertz CT molecular complexity index is 1310. The van der Waals surface area contributed by atoms with E-state index in [0.29, 0.717) is 65.1 Å². The average Bonchev–Trinajstić information content (AvgIpc) is 3.29. The summed E-state index contributed by atoms with van der Waals surface area (Å²) in [7, 11) is -4.45. The number of nitrogens with one attached hydrogen (secondary N) is 2. The molecule has 0 spiro atoms. The molecule has 4 N–H and O–H groups in total. The molecule has 3 aromatic rings. The van der Waals surface area contributed by atoms with Gasteiger partial charge in [0.15, 0.2) is 5.13 Å². The number of phosphoric acid groups is 1. The van der Waals surface area contributed by atoms with Gasteiger partial charge in [-0.25, -0.2) is 19.5 Å². The molecule has 2 aromatic heterocycles. The minimum absolute atomic E-state index is 0. The van der Waals surface area contributed by atoms with Gasteiger partial charge < -0.3 is 26.7 Å². The summed E-state index contributed by atoms with van der Waals surface area (Å²) in [5.74, 6) is 1.60. The third-order valence-corrected chi connectivity index (χ3v) is 7.36. The molecule has 4 rings (SSSR count). The number of anilines is 4. The number of benzene rings is 1. The largest absolute Gasteiger partial charge is 1.00 e. The number of aryl methyl sites for hydroxylation is 2. The molecular weight excluding hydrogens is 564 g/mol. The third kappa shape index (κ3) is 8.68. The summed E-state index contributed by atoms with van der Waals surface area (Å²) >= 11 is 7.42.